The summed E-state index contributed by atoms with van der Waals surface area (Å²) in [5.74, 6) is 0.381. The van der Waals surface area contributed by atoms with E-state index in [0.717, 1.165) is 5.56 Å². The lowest BCUT2D eigenvalue weighted by Crippen LogP contribution is -2.18. The molecule has 18 heavy (non-hydrogen) atoms. The second kappa shape index (κ2) is 5.27. The molecule has 0 atom stereocenters. The van der Waals surface area contributed by atoms with E-state index in [2.05, 4.69) is 4.98 Å². The van der Waals surface area contributed by atoms with Gasteiger partial charge in [-0.2, -0.15) is 0 Å². The minimum atomic E-state index is -0.413. The molecule has 0 amide bonds. The molecular formula is C13H13N3O2. The van der Waals surface area contributed by atoms with Crippen LogP contribution in [0.25, 0.3) is 0 Å². The van der Waals surface area contributed by atoms with Gasteiger partial charge < -0.3 is 4.90 Å². The van der Waals surface area contributed by atoms with Gasteiger partial charge in [-0.3, -0.25) is 10.1 Å². The van der Waals surface area contributed by atoms with E-state index in [-0.39, 0.29) is 5.69 Å². The van der Waals surface area contributed by atoms with Crippen LogP contribution in [0.15, 0.2) is 48.7 Å². The molecule has 0 unspecified atom stereocenters. The standard InChI is InChI=1S/C13H13N3O2/c1-15(10-11-6-3-2-4-7-11)13-12(16(17)18)8-5-9-14-13/h2-9H,10H2,1H3. The predicted molar refractivity (Wildman–Crippen MR) is 69.4 cm³/mol. The van der Waals surface area contributed by atoms with Crippen LogP contribution in [0.1, 0.15) is 5.56 Å². The van der Waals surface area contributed by atoms with Crippen LogP contribution in [0.4, 0.5) is 11.5 Å². The van der Waals surface area contributed by atoms with Crippen molar-refractivity contribution in [3.05, 3.63) is 64.3 Å². The minimum absolute atomic E-state index is 0.0240. The highest BCUT2D eigenvalue weighted by Gasteiger charge is 2.17. The summed E-state index contributed by atoms with van der Waals surface area (Å²) in [6.45, 7) is 0.582. The number of benzene rings is 1. The molecule has 0 saturated carbocycles. The Morgan fingerprint density at radius 3 is 2.61 bits per heavy atom. The van der Waals surface area contributed by atoms with Crippen LogP contribution in [0, 0.1) is 10.1 Å². The monoisotopic (exact) mass is 243 g/mol. The highest BCUT2D eigenvalue weighted by Crippen LogP contribution is 2.24. The Balaban J connectivity index is 2.24. The molecule has 0 aliphatic heterocycles. The molecule has 0 bridgehead atoms. The first kappa shape index (κ1) is 12.0. The number of hydrogen-bond donors (Lipinski definition) is 0. The van der Waals surface area contributed by atoms with Gasteiger partial charge in [0.05, 0.1) is 4.92 Å². The zero-order chi connectivity index (χ0) is 13.0. The third-order valence-corrected chi connectivity index (χ3v) is 2.59. The van der Waals surface area contributed by atoms with Crippen LogP contribution < -0.4 is 4.90 Å². The first-order chi connectivity index (χ1) is 8.68. The van der Waals surface area contributed by atoms with Gasteiger partial charge >= 0.3 is 5.69 Å². The van der Waals surface area contributed by atoms with E-state index in [1.54, 1.807) is 24.2 Å². The number of anilines is 1. The fourth-order valence-electron chi connectivity index (χ4n) is 1.76. The molecule has 1 aromatic carbocycles. The Bertz CT molecular complexity index is 543. The molecule has 0 radical (unpaired) electrons. The number of rotatable bonds is 4. The van der Waals surface area contributed by atoms with E-state index in [1.807, 2.05) is 30.3 Å². The van der Waals surface area contributed by atoms with Crippen LogP contribution in [0.3, 0.4) is 0 Å². The molecule has 0 spiro atoms. The zero-order valence-corrected chi connectivity index (χ0v) is 9.98. The van der Waals surface area contributed by atoms with Crippen LogP contribution >= 0.6 is 0 Å². The smallest absolute Gasteiger partial charge is 0.311 e. The fraction of sp³-hybridized carbons (Fsp3) is 0.154. The second-order valence-electron chi connectivity index (χ2n) is 3.94. The van der Waals surface area contributed by atoms with Gasteiger partial charge in [-0.15, -0.1) is 0 Å². The molecule has 92 valence electrons. The molecule has 0 aliphatic carbocycles. The summed E-state index contributed by atoms with van der Waals surface area (Å²) in [7, 11) is 1.79. The molecule has 5 nitrogen and oxygen atoms in total. The Hall–Kier alpha value is -2.43. The summed E-state index contributed by atoms with van der Waals surface area (Å²) in [5.41, 5.74) is 1.11. The van der Waals surface area contributed by atoms with E-state index < -0.39 is 4.92 Å². The number of nitrogens with zero attached hydrogens (tertiary/aromatic N) is 3. The fourth-order valence-corrected chi connectivity index (χ4v) is 1.76. The molecule has 0 fully saturated rings. The number of nitro groups is 1. The maximum atomic E-state index is 10.9. The quantitative estimate of drug-likeness (QED) is 0.611. The lowest BCUT2D eigenvalue weighted by Gasteiger charge is -2.17. The Morgan fingerprint density at radius 2 is 1.94 bits per heavy atom. The van der Waals surface area contributed by atoms with Gasteiger partial charge in [-0.1, -0.05) is 30.3 Å². The zero-order valence-electron chi connectivity index (χ0n) is 9.98. The van der Waals surface area contributed by atoms with Gasteiger partial charge in [0.1, 0.15) is 0 Å². The molecule has 2 aromatic rings. The Morgan fingerprint density at radius 1 is 1.22 bits per heavy atom. The van der Waals surface area contributed by atoms with Crippen molar-refractivity contribution in [2.24, 2.45) is 0 Å². The van der Waals surface area contributed by atoms with E-state index >= 15 is 0 Å². The molecule has 0 aliphatic rings. The van der Waals surface area contributed by atoms with Crippen molar-refractivity contribution in [3.8, 4) is 0 Å². The van der Waals surface area contributed by atoms with E-state index in [1.165, 1.54) is 6.07 Å². The van der Waals surface area contributed by atoms with Crippen molar-refractivity contribution >= 4 is 11.5 Å². The summed E-state index contributed by atoms with van der Waals surface area (Å²) in [6, 6.07) is 12.8. The average Bonchev–Trinajstić information content (AvgIpc) is 2.40. The first-order valence-electron chi connectivity index (χ1n) is 5.53. The van der Waals surface area contributed by atoms with Crippen LogP contribution in [0.2, 0.25) is 0 Å². The largest absolute Gasteiger partial charge is 0.350 e. The van der Waals surface area contributed by atoms with Crippen molar-refractivity contribution in [1.82, 2.24) is 4.98 Å². The molecule has 0 saturated heterocycles. The van der Waals surface area contributed by atoms with E-state index in [4.69, 9.17) is 0 Å². The molecule has 5 heteroatoms. The van der Waals surface area contributed by atoms with Crippen molar-refractivity contribution in [2.75, 3.05) is 11.9 Å². The van der Waals surface area contributed by atoms with Crippen LogP contribution in [0.5, 0.6) is 0 Å². The van der Waals surface area contributed by atoms with Crippen molar-refractivity contribution in [2.45, 2.75) is 6.54 Å². The van der Waals surface area contributed by atoms with E-state index in [0.29, 0.717) is 12.4 Å². The molecule has 1 heterocycles. The third-order valence-electron chi connectivity index (χ3n) is 2.59. The third kappa shape index (κ3) is 2.63. The van der Waals surface area contributed by atoms with Gasteiger partial charge in [0.25, 0.3) is 0 Å². The van der Waals surface area contributed by atoms with Gasteiger partial charge in [-0.25, -0.2) is 4.98 Å². The average molecular weight is 243 g/mol. The summed E-state index contributed by atoms with van der Waals surface area (Å²) < 4.78 is 0. The topological polar surface area (TPSA) is 59.3 Å². The summed E-state index contributed by atoms with van der Waals surface area (Å²) in [5, 5.41) is 10.9. The SMILES string of the molecule is CN(Cc1ccccc1)c1ncccc1[N+](=O)[O-]. The van der Waals surface area contributed by atoms with Gasteiger partial charge in [0, 0.05) is 25.9 Å². The number of pyridine rings is 1. The molecule has 0 N–H and O–H groups in total. The van der Waals surface area contributed by atoms with Crippen LogP contribution in [-0.2, 0) is 6.54 Å². The highest BCUT2D eigenvalue weighted by atomic mass is 16.6. The lowest BCUT2D eigenvalue weighted by atomic mass is 10.2. The van der Waals surface area contributed by atoms with Crippen molar-refractivity contribution < 1.29 is 4.92 Å². The van der Waals surface area contributed by atoms with Gasteiger partial charge in [0.15, 0.2) is 0 Å². The molecule has 2 rings (SSSR count). The molecular weight excluding hydrogens is 230 g/mol. The summed E-state index contributed by atoms with van der Waals surface area (Å²) >= 11 is 0. The maximum Gasteiger partial charge on any atom is 0.311 e. The predicted octanol–water partition coefficient (Wildman–Crippen LogP) is 2.63. The number of aromatic nitrogens is 1. The van der Waals surface area contributed by atoms with Crippen molar-refractivity contribution in [3.63, 3.8) is 0 Å². The maximum absolute atomic E-state index is 10.9. The summed E-state index contributed by atoms with van der Waals surface area (Å²) in [4.78, 5) is 16.4. The minimum Gasteiger partial charge on any atom is -0.350 e. The van der Waals surface area contributed by atoms with Crippen LogP contribution in [-0.4, -0.2) is 17.0 Å². The summed E-state index contributed by atoms with van der Waals surface area (Å²) in [6.07, 6.45) is 1.56. The van der Waals surface area contributed by atoms with Crippen molar-refractivity contribution in [1.29, 1.82) is 0 Å². The van der Waals surface area contributed by atoms with Gasteiger partial charge in [0.2, 0.25) is 5.82 Å². The second-order valence-corrected chi connectivity index (χ2v) is 3.94. The lowest BCUT2D eigenvalue weighted by molar-refractivity contribution is -0.384. The number of hydrogen-bond acceptors (Lipinski definition) is 4. The van der Waals surface area contributed by atoms with E-state index in [9.17, 15) is 10.1 Å². The molecule has 1 aromatic heterocycles. The Kier molecular flexibility index (Phi) is 3.52. The normalized spacial score (nSPS) is 10.1. The highest BCUT2D eigenvalue weighted by molar-refractivity contribution is 5.56. The first-order valence-corrected chi connectivity index (χ1v) is 5.53. The van der Waals surface area contributed by atoms with Gasteiger partial charge in [-0.05, 0) is 11.6 Å². The Labute approximate surface area is 105 Å².